The van der Waals surface area contributed by atoms with E-state index in [1.54, 1.807) is 0 Å². The van der Waals surface area contributed by atoms with Crippen molar-refractivity contribution in [1.82, 2.24) is 0 Å². The Labute approximate surface area is 160 Å². The molecule has 0 fully saturated rings. The highest BCUT2D eigenvalue weighted by Crippen LogP contribution is 2.47. The van der Waals surface area contributed by atoms with Crippen LogP contribution in [0.25, 0.3) is 0 Å². The summed E-state index contributed by atoms with van der Waals surface area (Å²) in [6, 6.07) is 1.29. The van der Waals surface area contributed by atoms with Crippen LogP contribution in [0.4, 0.5) is 49.6 Å². The molecular formula is C15H11F10NO4. The molecule has 1 amide bonds. The van der Waals surface area contributed by atoms with E-state index in [0.717, 1.165) is 12.2 Å². The fraction of sp³-hybridized carbons (Fsp3) is 0.467. The lowest BCUT2D eigenvalue weighted by atomic mass is 9.93. The van der Waals surface area contributed by atoms with Gasteiger partial charge in [0.25, 0.3) is 5.60 Å². The van der Waals surface area contributed by atoms with E-state index in [4.69, 9.17) is 0 Å². The summed E-state index contributed by atoms with van der Waals surface area (Å²) >= 11 is 0. The Kier molecular flexibility index (Phi) is 6.72. The van der Waals surface area contributed by atoms with Gasteiger partial charge in [0.2, 0.25) is 0 Å². The number of ether oxygens (including phenoxy) is 1. The van der Waals surface area contributed by atoms with Crippen molar-refractivity contribution < 1.29 is 63.3 Å². The molecule has 15 heteroatoms. The molecule has 170 valence electrons. The third-order valence-corrected chi connectivity index (χ3v) is 3.58. The molecular weight excluding hydrogens is 448 g/mol. The van der Waals surface area contributed by atoms with Gasteiger partial charge in [0.15, 0.2) is 0 Å². The van der Waals surface area contributed by atoms with Crippen LogP contribution in [0.2, 0.25) is 0 Å². The molecule has 2 N–H and O–H groups in total. The Morgan fingerprint density at radius 3 is 1.73 bits per heavy atom. The summed E-state index contributed by atoms with van der Waals surface area (Å²) < 4.78 is 132. The maximum atomic E-state index is 13.3. The van der Waals surface area contributed by atoms with Crippen molar-refractivity contribution in [2.45, 2.75) is 36.7 Å². The Bertz CT molecular complexity index is 788. The molecule has 0 aliphatic rings. The quantitative estimate of drug-likeness (QED) is 0.502. The third-order valence-electron chi connectivity index (χ3n) is 3.58. The van der Waals surface area contributed by atoms with Crippen LogP contribution in [0, 0.1) is 0 Å². The topological polar surface area (TPSA) is 75.6 Å². The third kappa shape index (κ3) is 4.29. The summed E-state index contributed by atoms with van der Waals surface area (Å²) in [5.74, 6) is -18.3. The summed E-state index contributed by atoms with van der Waals surface area (Å²) in [7, 11) is 0. The minimum atomic E-state index is -6.78. The summed E-state index contributed by atoms with van der Waals surface area (Å²) in [5, 5.41) is 10.8. The fourth-order valence-corrected chi connectivity index (χ4v) is 1.96. The number of esters is 1. The number of carbonyl (C=O) groups is 2. The number of halogens is 10. The average Bonchev–Trinajstić information content (AvgIpc) is 2.59. The SMILES string of the molecule is CCOC(=O)[C@](O)(c1ccc(NC(=O)C(F)(F)C(F)(F)C(F)(F)F)cc1)C(F)(F)F. The van der Waals surface area contributed by atoms with Crippen LogP contribution in [0.3, 0.4) is 0 Å². The number of carbonyl (C=O) groups excluding carboxylic acids is 2. The number of hydrogen-bond acceptors (Lipinski definition) is 4. The first-order valence-electron chi connectivity index (χ1n) is 7.54. The predicted molar refractivity (Wildman–Crippen MR) is 77.6 cm³/mol. The summed E-state index contributed by atoms with van der Waals surface area (Å²) in [6.45, 7) is 0.568. The number of hydrogen-bond donors (Lipinski definition) is 2. The van der Waals surface area contributed by atoms with Gasteiger partial charge in [0.05, 0.1) is 6.61 Å². The largest absolute Gasteiger partial charge is 0.463 e. The van der Waals surface area contributed by atoms with Crippen molar-refractivity contribution in [1.29, 1.82) is 0 Å². The van der Waals surface area contributed by atoms with E-state index in [2.05, 4.69) is 4.74 Å². The van der Waals surface area contributed by atoms with Crippen LogP contribution < -0.4 is 5.32 Å². The zero-order valence-electron chi connectivity index (χ0n) is 14.5. The number of benzene rings is 1. The molecule has 0 heterocycles. The highest BCUT2D eigenvalue weighted by molar-refractivity contribution is 5.97. The van der Waals surface area contributed by atoms with E-state index < -0.39 is 59.5 Å². The lowest BCUT2D eigenvalue weighted by molar-refractivity contribution is -0.343. The smallest absolute Gasteiger partial charge is 0.460 e. The molecule has 5 nitrogen and oxygen atoms in total. The van der Waals surface area contributed by atoms with Crippen molar-refractivity contribution >= 4 is 17.6 Å². The van der Waals surface area contributed by atoms with Gasteiger partial charge in [0.1, 0.15) is 0 Å². The van der Waals surface area contributed by atoms with Crippen LogP contribution >= 0.6 is 0 Å². The van der Waals surface area contributed by atoms with E-state index in [1.165, 1.54) is 0 Å². The summed E-state index contributed by atoms with van der Waals surface area (Å²) in [6.07, 6.45) is -12.4. The monoisotopic (exact) mass is 459 g/mol. The molecule has 1 aromatic rings. The Morgan fingerprint density at radius 2 is 1.37 bits per heavy atom. The maximum absolute atomic E-state index is 13.3. The van der Waals surface area contributed by atoms with Gasteiger partial charge in [-0.1, -0.05) is 12.1 Å². The van der Waals surface area contributed by atoms with Crippen molar-refractivity contribution in [2.24, 2.45) is 0 Å². The Balaban J connectivity index is 3.21. The van der Waals surface area contributed by atoms with Gasteiger partial charge < -0.3 is 15.2 Å². The second-order valence-electron chi connectivity index (χ2n) is 5.61. The molecule has 0 saturated carbocycles. The molecule has 0 radical (unpaired) electrons. The van der Waals surface area contributed by atoms with E-state index in [0.29, 0.717) is 24.3 Å². The fourth-order valence-electron chi connectivity index (χ4n) is 1.96. The minimum Gasteiger partial charge on any atom is -0.463 e. The van der Waals surface area contributed by atoms with Crippen LogP contribution in [0.1, 0.15) is 12.5 Å². The zero-order valence-corrected chi connectivity index (χ0v) is 14.5. The molecule has 0 aliphatic carbocycles. The second-order valence-corrected chi connectivity index (χ2v) is 5.61. The van der Waals surface area contributed by atoms with Gasteiger partial charge >= 0.3 is 36.1 Å². The Morgan fingerprint density at radius 1 is 0.900 bits per heavy atom. The van der Waals surface area contributed by atoms with Crippen molar-refractivity contribution in [3.8, 4) is 0 Å². The molecule has 1 aromatic carbocycles. The molecule has 0 bridgehead atoms. The summed E-state index contributed by atoms with van der Waals surface area (Å²) in [4.78, 5) is 22.8. The first kappa shape index (κ1) is 25.5. The number of amides is 1. The van der Waals surface area contributed by atoms with Crippen LogP contribution in [-0.2, 0) is 19.9 Å². The maximum Gasteiger partial charge on any atom is 0.460 e. The van der Waals surface area contributed by atoms with E-state index in [1.807, 2.05) is 0 Å². The standard InChI is InChI=1S/C15H11F10NO4/c1-2-30-10(28)11(29,14(20,21)22)7-3-5-8(6-4-7)26-9(27)12(16,17)13(18,19)15(23,24)25/h3-6,29H,2H2,1H3,(H,26,27)/t11-/m1/s1. The van der Waals surface area contributed by atoms with Crippen LogP contribution in [0.15, 0.2) is 24.3 Å². The molecule has 0 spiro atoms. The van der Waals surface area contributed by atoms with E-state index in [9.17, 15) is 58.6 Å². The van der Waals surface area contributed by atoms with E-state index in [-0.39, 0.29) is 0 Å². The van der Waals surface area contributed by atoms with Gasteiger partial charge in [-0.15, -0.1) is 0 Å². The van der Waals surface area contributed by atoms with Crippen LogP contribution in [-0.4, -0.2) is 47.8 Å². The molecule has 0 aliphatic heterocycles. The van der Waals surface area contributed by atoms with Crippen molar-refractivity contribution in [3.05, 3.63) is 29.8 Å². The average molecular weight is 459 g/mol. The van der Waals surface area contributed by atoms with E-state index >= 15 is 0 Å². The number of alkyl halides is 10. The number of aliphatic hydroxyl groups is 1. The van der Waals surface area contributed by atoms with Crippen LogP contribution in [0.5, 0.6) is 0 Å². The lowest BCUT2D eigenvalue weighted by Gasteiger charge is -2.29. The molecule has 0 aromatic heterocycles. The molecule has 1 rings (SSSR count). The predicted octanol–water partition coefficient (Wildman–Crippen LogP) is 3.77. The number of anilines is 1. The van der Waals surface area contributed by atoms with Crippen molar-refractivity contribution in [2.75, 3.05) is 11.9 Å². The Hall–Kier alpha value is -2.58. The van der Waals surface area contributed by atoms with Gasteiger partial charge in [0, 0.05) is 11.3 Å². The first-order valence-corrected chi connectivity index (χ1v) is 7.54. The molecule has 0 unspecified atom stereocenters. The van der Waals surface area contributed by atoms with Gasteiger partial charge in [-0.05, 0) is 19.1 Å². The highest BCUT2D eigenvalue weighted by atomic mass is 19.4. The highest BCUT2D eigenvalue weighted by Gasteiger charge is 2.76. The normalized spacial score (nSPS) is 15.3. The molecule has 1 atom stereocenters. The minimum absolute atomic E-state index is 0.292. The van der Waals surface area contributed by atoms with Crippen molar-refractivity contribution in [3.63, 3.8) is 0 Å². The lowest BCUT2D eigenvalue weighted by Crippen LogP contribution is -2.57. The van der Waals surface area contributed by atoms with Gasteiger partial charge in [-0.25, -0.2) is 4.79 Å². The number of rotatable bonds is 6. The first-order chi connectivity index (χ1) is 13.3. The van der Waals surface area contributed by atoms with Gasteiger partial charge in [-0.3, -0.25) is 4.79 Å². The molecule has 30 heavy (non-hydrogen) atoms. The molecule has 0 saturated heterocycles. The summed E-state index contributed by atoms with van der Waals surface area (Å²) in [5.41, 5.74) is -6.35. The number of nitrogens with one attached hydrogen (secondary N) is 1. The second kappa shape index (κ2) is 7.92. The zero-order chi connectivity index (χ0) is 23.8. The van der Waals surface area contributed by atoms with Gasteiger partial charge in [-0.2, -0.15) is 43.9 Å².